The first kappa shape index (κ1) is 7.66. The number of nitrogens with two attached hydrogens (primary N) is 1. The summed E-state index contributed by atoms with van der Waals surface area (Å²) in [6.07, 6.45) is 5.38. The van der Waals surface area contributed by atoms with Gasteiger partial charge in [0, 0.05) is 5.56 Å². The van der Waals surface area contributed by atoms with Gasteiger partial charge < -0.3 is 10.2 Å². The van der Waals surface area contributed by atoms with Gasteiger partial charge in [-0.15, -0.1) is 0 Å². The number of allylic oxidation sites excluding steroid dienone is 2. The van der Waals surface area contributed by atoms with Crippen molar-refractivity contribution in [3.8, 4) is 0 Å². The van der Waals surface area contributed by atoms with Gasteiger partial charge in [-0.05, 0) is 19.1 Å². The lowest BCUT2D eigenvalue weighted by Gasteiger charge is -1.84. The Hall–Kier alpha value is -1.44. The van der Waals surface area contributed by atoms with Crippen LogP contribution in [0.15, 0.2) is 29.2 Å². The van der Waals surface area contributed by atoms with Crippen molar-refractivity contribution in [1.29, 1.82) is 0 Å². The number of aryl methyl sites for hydroxylation is 1. The molecule has 0 aliphatic carbocycles. The van der Waals surface area contributed by atoms with Crippen molar-refractivity contribution in [2.45, 2.75) is 6.92 Å². The van der Waals surface area contributed by atoms with Crippen LogP contribution in [0.3, 0.4) is 0 Å². The quantitative estimate of drug-likeness (QED) is 0.655. The molecular formula is C9H11NO. The summed E-state index contributed by atoms with van der Waals surface area (Å²) >= 11 is 0. The van der Waals surface area contributed by atoms with Gasteiger partial charge >= 0.3 is 0 Å². The minimum absolute atomic E-state index is 0.459. The number of hydrogen-bond donors (Lipinski definition) is 1. The molecule has 1 heterocycles. The van der Waals surface area contributed by atoms with E-state index in [9.17, 15) is 0 Å². The lowest BCUT2D eigenvalue weighted by molar-refractivity contribution is 0.553. The van der Waals surface area contributed by atoms with E-state index < -0.39 is 0 Å². The molecule has 58 valence electrons. The Morgan fingerprint density at radius 2 is 2.36 bits per heavy atom. The van der Waals surface area contributed by atoms with Crippen LogP contribution in [-0.2, 0) is 0 Å². The second-order valence-electron chi connectivity index (χ2n) is 2.27. The van der Waals surface area contributed by atoms with E-state index in [1.165, 1.54) is 0 Å². The van der Waals surface area contributed by atoms with Crippen molar-refractivity contribution in [3.63, 3.8) is 0 Å². The summed E-state index contributed by atoms with van der Waals surface area (Å²) in [5.74, 6) is 1.28. The SMILES string of the molecule is C=C/C=C\c1cc(C)oc1N. The molecule has 2 N–H and O–H groups in total. The fraction of sp³-hybridized carbons (Fsp3) is 0.111. The van der Waals surface area contributed by atoms with E-state index in [1.807, 2.05) is 25.1 Å². The van der Waals surface area contributed by atoms with Crippen LogP contribution in [0.2, 0.25) is 0 Å². The van der Waals surface area contributed by atoms with Crippen LogP contribution in [0, 0.1) is 6.92 Å². The zero-order valence-electron chi connectivity index (χ0n) is 6.50. The van der Waals surface area contributed by atoms with Gasteiger partial charge in [0.25, 0.3) is 0 Å². The molecule has 0 atom stereocenters. The Labute approximate surface area is 66.0 Å². The molecule has 0 amide bonds. The molecule has 1 aromatic rings. The van der Waals surface area contributed by atoms with Gasteiger partial charge in [0.15, 0.2) is 5.88 Å². The van der Waals surface area contributed by atoms with Crippen LogP contribution in [0.5, 0.6) is 0 Å². The first-order valence-corrected chi connectivity index (χ1v) is 3.39. The fourth-order valence-corrected chi connectivity index (χ4v) is 0.854. The number of hydrogen-bond acceptors (Lipinski definition) is 2. The maximum absolute atomic E-state index is 5.53. The minimum Gasteiger partial charge on any atom is -0.446 e. The molecule has 0 fully saturated rings. The third-order valence-electron chi connectivity index (χ3n) is 1.33. The Balaban J connectivity index is 2.93. The maximum atomic E-state index is 5.53. The maximum Gasteiger partial charge on any atom is 0.197 e. The zero-order valence-corrected chi connectivity index (χ0v) is 6.50. The highest BCUT2D eigenvalue weighted by Crippen LogP contribution is 2.17. The molecule has 11 heavy (non-hydrogen) atoms. The molecule has 0 unspecified atom stereocenters. The highest BCUT2D eigenvalue weighted by atomic mass is 16.3. The monoisotopic (exact) mass is 149 g/mol. The van der Waals surface area contributed by atoms with Gasteiger partial charge in [-0.1, -0.05) is 18.7 Å². The molecule has 2 nitrogen and oxygen atoms in total. The largest absolute Gasteiger partial charge is 0.446 e. The van der Waals surface area contributed by atoms with Crippen LogP contribution in [0.25, 0.3) is 6.08 Å². The number of nitrogen functional groups attached to an aromatic ring is 1. The summed E-state index contributed by atoms with van der Waals surface area (Å²) in [6, 6.07) is 1.88. The molecule has 1 rings (SSSR count). The summed E-state index contributed by atoms with van der Waals surface area (Å²) in [4.78, 5) is 0. The average molecular weight is 149 g/mol. The third kappa shape index (κ3) is 1.74. The zero-order chi connectivity index (χ0) is 8.27. The Morgan fingerprint density at radius 1 is 1.64 bits per heavy atom. The van der Waals surface area contributed by atoms with Crippen LogP contribution in [0.4, 0.5) is 5.88 Å². The number of rotatable bonds is 2. The summed E-state index contributed by atoms with van der Waals surface area (Å²) in [6.45, 7) is 5.42. The van der Waals surface area contributed by atoms with Crippen LogP contribution in [-0.4, -0.2) is 0 Å². The van der Waals surface area contributed by atoms with Gasteiger partial charge in [0.05, 0.1) is 0 Å². The van der Waals surface area contributed by atoms with E-state index in [4.69, 9.17) is 10.2 Å². The lowest BCUT2D eigenvalue weighted by Crippen LogP contribution is -1.81. The number of anilines is 1. The highest BCUT2D eigenvalue weighted by Gasteiger charge is 1.99. The molecule has 0 aromatic carbocycles. The smallest absolute Gasteiger partial charge is 0.197 e. The topological polar surface area (TPSA) is 39.2 Å². The van der Waals surface area contributed by atoms with Gasteiger partial charge in [-0.3, -0.25) is 0 Å². The Bertz CT molecular complexity index is 284. The lowest BCUT2D eigenvalue weighted by atomic mass is 10.2. The molecule has 2 heteroatoms. The summed E-state index contributed by atoms with van der Waals surface area (Å²) in [5, 5.41) is 0. The number of furan rings is 1. The molecule has 0 aliphatic heterocycles. The second kappa shape index (κ2) is 3.10. The van der Waals surface area contributed by atoms with E-state index >= 15 is 0 Å². The van der Waals surface area contributed by atoms with Gasteiger partial charge in [0.1, 0.15) is 5.76 Å². The summed E-state index contributed by atoms with van der Waals surface area (Å²) in [5.41, 5.74) is 6.43. The summed E-state index contributed by atoms with van der Waals surface area (Å²) < 4.78 is 5.10. The van der Waals surface area contributed by atoms with Gasteiger partial charge in [0.2, 0.25) is 0 Å². The highest BCUT2D eigenvalue weighted by molar-refractivity contribution is 5.61. The predicted octanol–water partition coefficient (Wildman–Crippen LogP) is 2.37. The van der Waals surface area contributed by atoms with Crippen molar-refractivity contribution >= 4 is 12.0 Å². The standard InChI is InChI=1S/C9H11NO/c1-3-4-5-8-6-7(2)11-9(8)10/h3-6H,1,10H2,2H3/b5-4-. The first-order chi connectivity index (χ1) is 5.24. The molecule has 0 saturated heterocycles. The van der Waals surface area contributed by atoms with Gasteiger partial charge in [-0.25, -0.2) is 0 Å². The molecule has 0 spiro atoms. The van der Waals surface area contributed by atoms with E-state index in [2.05, 4.69) is 6.58 Å². The van der Waals surface area contributed by atoms with Crippen molar-refractivity contribution in [2.75, 3.05) is 5.73 Å². The van der Waals surface area contributed by atoms with E-state index in [-0.39, 0.29) is 0 Å². The van der Waals surface area contributed by atoms with Crippen LogP contribution >= 0.6 is 0 Å². The van der Waals surface area contributed by atoms with Gasteiger partial charge in [-0.2, -0.15) is 0 Å². The van der Waals surface area contributed by atoms with Crippen LogP contribution < -0.4 is 5.73 Å². The van der Waals surface area contributed by atoms with Crippen molar-refractivity contribution < 1.29 is 4.42 Å². The molecule has 1 aromatic heterocycles. The predicted molar refractivity (Wildman–Crippen MR) is 47.1 cm³/mol. The minimum atomic E-state index is 0.459. The molecule has 0 bridgehead atoms. The second-order valence-corrected chi connectivity index (χ2v) is 2.27. The van der Waals surface area contributed by atoms with E-state index in [1.54, 1.807) is 6.08 Å². The molecular weight excluding hydrogens is 138 g/mol. The molecule has 0 saturated carbocycles. The molecule has 0 aliphatic rings. The molecule has 0 radical (unpaired) electrons. The van der Waals surface area contributed by atoms with E-state index in [0.29, 0.717) is 5.88 Å². The van der Waals surface area contributed by atoms with Crippen molar-refractivity contribution in [1.82, 2.24) is 0 Å². The third-order valence-corrected chi connectivity index (χ3v) is 1.33. The first-order valence-electron chi connectivity index (χ1n) is 3.39. The Kier molecular flexibility index (Phi) is 2.16. The Morgan fingerprint density at radius 3 is 2.82 bits per heavy atom. The van der Waals surface area contributed by atoms with Crippen molar-refractivity contribution in [2.24, 2.45) is 0 Å². The average Bonchev–Trinajstić information content (AvgIpc) is 2.26. The normalized spacial score (nSPS) is 10.6. The van der Waals surface area contributed by atoms with Crippen molar-refractivity contribution in [3.05, 3.63) is 36.1 Å². The van der Waals surface area contributed by atoms with Crippen LogP contribution in [0.1, 0.15) is 11.3 Å². The summed E-state index contributed by atoms with van der Waals surface area (Å²) in [7, 11) is 0. The van der Waals surface area contributed by atoms with E-state index in [0.717, 1.165) is 11.3 Å². The fourth-order valence-electron chi connectivity index (χ4n) is 0.854.